The quantitative estimate of drug-likeness (QED) is 0.540. The first kappa shape index (κ1) is 6.54. The fourth-order valence-corrected chi connectivity index (χ4v) is 0.514. The minimum Gasteiger partial charge on any atom is -0.478 e. The van der Waals surface area contributed by atoms with Crippen LogP contribution in [0, 0.1) is 0 Å². The summed E-state index contributed by atoms with van der Waals surface area (Å²) in [4.78, 5) is 10.3. The van der Waals surface area contributed by atoms with E-state index < -0.39 is 5.97 Å². The third-order valence-corrected chi connectivity index (χ3v) is 0.972. The Morgan fingerprint density at radius 2 is 2.50 bits per heavy atom. The van der Waals surface area contributed by atoms with Gasteiger partial charge in [0.05, 0.1) is 11.8 Å². The molecule has 0 aromatic rings. The Kier molecular flexibility index (Phi) is 1.84. The van der Waals surface area contributed by atoms with Crippen LogP contribution in [0.5, 0.6) is 0 Å². The number of hydrazone groups is 1. The van der Waals surface area contributed by atoms with Gasteiger partial charge in [0.15, 0.2) is 0 Å². The molecular weight excluding hydrogens is 132 g/mol. The molecule has 0 aromatic heterocycles. The fraction of sp³-hybridized carbons (Fsp3) is 0. The minimum absolute atomic E-state index is 0.168. The number of rotatable bonds is 1. The average Bonchev–Trinajstić information content (AvgIpc) is 2.12. The van der Waals surface area contributed by atoms with Crippen LogP contribution in [-0.2, 0) is 4.79 Å². The standard InChI is InChI=1S/C6H6N2O2/c9-6(10)5-2-1-3-7-8-4-5/h1-4,7H,(H,9,10). The molecule has 0 radical (unpaired) electrons. The molecule has 4 nitrogen and oxygen atoms in total. The van der Waals surface area contributed by atoms with Crippen molar-refractivity contribution in [3.05, 3.63) is 23.9 Å². The highest BCUT2D eigenvalue weighted by Crippen LogP contribution is 1.93. The lowest BCUT2D eigenvalue weighted by Crippen LogP contribution is -2.01. The summed E-state index contributed by atoms with van der Waals surface area (Å²) >= 11 is 0. The van der Waals surface area contributed by atoms with Gasteiger partial charge in [-0.2, -0.15) is 5.10 Å². The van der Waals surface area contributed by atoms with Crippen LogP contribution in [0.25, 0.3) is 0 Å². The van der Waals surface area contributed by atoms with E-state index in [1.54, 1.807) is 12.3 Å². The first-order chi connectivity index (χ1) is 4.80. The topological polar surface area (TPSA) is 61.7 Å². The van der Waals surface area contributed by atoms with E-state index in [0.717, 1.165) is 0 Å². The van der Waals surface area contributed by atoms with Gasteiger partial charge in [0.1, 0.15) is 0 Å². The van der Waals surface area contributed by atoms with Crippen molar-refractivity contribution in [2.24, 2.45) is 5.10 Å². The Bertz CT molecular complexity index is 228. The van der Waals surface area contributed by atoms with Gasteiger partial charge >= 0.3 is 5.97 Å². The van der Waals surface area contributed by atoms with Crippen molar-refractivity contribution in [2.45, 2.75) is 0 Å². The van der Waals surface area contributed by atoms with Gasteiger partial charge in [-0.1, -0.05) is 0 Å². The highest BCUT2D eigenvalue weighted by molar-refractivity contribution is 6.08. The summed E-state index contributed by atoms with van der Waals surface area (Å²) in [6, 6.07) is 0. The molecule has 0 amide bonds. The predicted molar refractivity (Wildman–Crippen MR) is 36.5 cm³/mol. The van der Waals surface area contributed by atoms with Gasteiger partial charge in [-0.3, -0.25) is 5.43 Å². The highest BCUT2D eigenvalue weighted by atomic mass is 16.4. The Balaban J connectivity index is 2.83. The summed E-state index contributed by atoms with van der Waals surface area (Å²) in [7, 11) is 0. The van der Waals surface area contributed by atoms with Crippen molar-refractivity contribution in [3.8, 4) is 0 Å². The van der Waals surface area contributed by atoms with Crippen LogP contribution in [-0.4, -0.2) is 17.3 Å². The maximum absolute atomic E-state index is 10.3. The molecule has 1 aliphatic rings. The summed E-state index contributed by atoms with van der Waals surface area (Å²) in [5, 5.41) is 12.0. The Morgan fingerprint density at radius 1 is 1.70 bits per heavy atom. The number of aliphatic carboxylic acids is 1. The zero-order chi connectivity index (χ0) is 7.40. The zero-order valence-corrected chi connectivity index (χ0v) is 5.11. The van der Waals surface area contributed by atoms with E-state index in [0.29, 0.717) is 0 Å². The number of hydrogen-bond acceptors (Lipinski definition) is 3. The van der Waals surface area contributed by atoms with Crippen LogP contribution in [0.15, 0.2) is 29.0 Å². The molecule has 0 atom stereocenters. The van der Waals surface area contributed by atoms with Gasteiger partial charge in [-0.15, -0.1) is 0 Å². The number of hydrogen-bond donors (Lipinski definition) is 2. The van der Waals surface area contributed by atoms with Crippen molar-refractivity contribution in [3.63, 3.8) is 0 Å². The molecule has 2 N–H and O–H groups in total. The maximum Gasteiger partial charge on any atom is 0.337 e. The Morgan fingerprint density at radius 3 is 3.20 bits per heavy atom. The molecule has 0 spiro atoms. The number of allylic oxidation sites excluding steroid dienone is 2. The molecule has 0 aliphatic carbocycles. The summed E-state index contributed by atoms with van der Waals surface area (Å²) in [6.07, 6.45) is 5.84. The van der Waals surface area contributed by atoms with Gasteiger partial charge in [-0.05, 0) is 12.2 Å². The number of carboxylic acid groups (broad SMARTS) is 1. The molecule has 1 aliphatic heterocycles. The molecule has 0 unspecified atom stereocenters. The number of nitrogens with one attached hydrogen (secondary N) is 1. The molecule has 0 saturated heterocycles. The van der Waals surface area contributed by atoms with Crippen LogP contribution in [0.2, 0.25) is 0 Å². The van der Waals surface area contributed by atoms with Crippen molar-refractivity contribution in [1.29, 1.82) is 0 Å². The molecule has 52 valence electrons. The van der Waals surface area contributed by atoms with E-state index in [2.05, 4.69) is 10.5 Å². The third-order valence-electron chi connectivity index (χ3n) is 0.972. The lowest BCUT2D eigenvalue weighted by molar-refractivity contribution is -0.132. The van der Waals surface area contributed by atoms with E-state index in [-0.39, 0.29) is 5.57 Å². The lowest BCUT2D eigenvalue weighted by Gasteiger charge is -1.87. The van der Waals surface area contributed by atoms with Crippen molar-refractivity contribution < 1.29 is 9.90 Å². The third kappa shape index (κ3) is 1.45. The average molecular weight is 138 g/mol. The van der Waals surface area contributed by atoms with Crippen molar-refractivity contribution in [1.82, 2.24) is 5.43 Å². The summed E-state index contributed by atoms with van der Waals surface area (Å²) in [5.74, 6) is -0.975. The van der Waals surface area contributed by atoms with Crippen LogP contribution in [0.3, 0.4) is 0 Å². The van der Waals surface area contributed by atoms with Crippen LogP contribution in [0.4, 0.5) is 0 Å². The maximum atomic E-state index is 10.3. The molecule has 4 heteroatoms. The van der Waals surface area contributed by atoms with E-state index in [4.69, 9.17) is 5.11 Å². The number of carbonyl (C=O) groups is 1. The Labute approximate surface area is 57.6 Å². The molecular formula is C6H6N2O2. The van der Waals surface area contributed by atoms with Gasteiger partial charge in [0, 0.05) is 6.20 Å². The SMILES string of the molecule is O=C(O)C1=CC=CNN=C1. The van der Waals surface area contributed by atoms with Gasteiger partial charge < -0.3 is 5.11 Å². The van der Waals surface area contributed by atoms with Crippen molar-refractivity contribution >= 4 is 12.2 Å². The first-order valence-corrected chi connectivity index (χ1v) is 2.69. The van der Waals surface area contributed by atoms with E-state index in [1.807, 2.05) is 0 Å². The second-order valence-corrected chi connectivity index (χ2v) is 1.67. The zero-order valence-electron chi connectivity index (χ0n) is 5.11. The van der Waals surface area contributed by atoms with E-state index in [1.165, 1.54) is 12.3 Å². The molecule has 0 fully saturated rings. The van der Waals surface area contributed by atoms with Gasteiger partial charge in [0.2, 0.25) is 0 Å². The summed E-state index contributed by atoms with van der Waals surface area (Å²) < 4.78 is 0. The largest absolute Gasteiger partial charge is 0.478 e. The lowest BCUT2D eigenvalue weighted by atomic mass is 10.3. The second kappa shape index (κ2) is 2.82. The van der Waals surface area contributed by atoms with Gasteiger partial charge in [-0.25, -0.2) is 4.79 Å². The summed E-state index contributed by atoms with van der Waals surface area (Å²) in [6.45, 7) is 0. The van der Waals surface area contributed by atoms with Crippen LogP contribution < -0.4 is 5.43 Å². The Hall–Kier alpha value is -1.58. The highest BCUT2D eigenvalue weighted by Gasteiger charge is 2.02. The second-order valence-electron chi connectivity index (χ2n) is 1.67. The van der Waals surface area contributed by atoms with E-state index >= 15 is 0 Å². The molecule has 0 saturated carbocycles. The van der Waals surface area contributed by atoms with Crippen LogP contribution in [0.1, 0.15) is 0 Å². The smallest absolute Gasteiger partial charge is 0.337 e. The van der Waals surface area contributed by atoms with E-state index in [9.17, 15) is 4.79 Å². The fourth-order valence-electron chi connectivity index (χ4n) is 0.514. The van der Waals surface area contributed by atoms with Gasteiger partial charge in [0.25, 0.3) is 0 Å². The van der Waals surface area contributed by atoms with Crippen molar-refractivity contribution in [2.75, 3.05) is 0 Å². The normalized spacial score (nSPS) is 15.4. The predicted octanol–water partition coefficient (Wildman–Crippen LogP) is 0.100. The monoisotopic (exact) mass is 138 g/mol. The molecule has 10 heavy (non-hydrogen) atoms. The molecule has 1 rings (SSSR count). The number of carboxylic acids is 1. The van der Waals surface area contributed by atoms with Crippen LogP contribution >= 0.6 is 0 Å². The summed E-state index contributed by atoms with van der Waals surface area (Å²) in [5.41, 5.74) is 2.67. The number of nitrogens with zero attached hydrogens (tertiary/aromatic N) is 1. The molecule has 0 aromatic carbocycles. The minimum atomic E-state index is -0.975. The molecule has 0 bridgehead atoms. The first-order valence-electron chi connectivity index (χ1n) is 2.69. The molecule has 1 heterocycles.